The van der Waals surface area contributed by atoms with Crippen LogP contribution in [0.5, 0.6) is 0 Å². The van der Waals surface area contributed by atoms with Crippen LogP contribution in [-0.2, 0) is 13.1 Å². The van der Waals surface area contributed by atoms with Gasteiger partial charge in [0.25, 0.3) is 0 Å². The molecule has 3 aromatic rings. The van der Waals surface area contributed by atoms with Crippen LogP contribution >= 0.6 is 0 Å². The average molecular weight is 348 g/mol. The summed E-state index contributed by atoms with van der Waals surface area (Å²) >= 11 is 0. The molecule has 0 spiro atoms. The van der Waals surface area contributed by atoms with Crippen molar-refractivity contribution >= 4 is 0 Å². The van der Waals surface area contributed by atoms with Crippen molar-refractivity contribution < 1.29 is 4.39 Å². The minimum Gasteiger partial charge on any atom is -0.350 e. The fraction of sp³-hybridized carbons (Fsp3) is 0.304. The van der Waals surface area contributed by atoms with E-state index in [0.717, 1.165) is 31.6 Å². The van der Waals surface area contributed by atoms with Crippen molar-refractivity contribution in [2.45, 2.75) is 39.4 Å². The summed E-state index contributed by atoms with van der Waals surface area (Å²) in [5.74, 6) is -0.177. The summed E-state index contributed by atoms with van der Waals surface area (Å²) in [7, 11) is 0. The average Bonchev–Trinajstić information content (AvgIpc) is 3.01. The van der Waals surface area contributed by atoms with E-state index in [0.29, 0.717) is 0 Å². The molecule has 0 saturated carbocycles. The summed E-state index contributed by atoms with van der Waals surface area (Å²) in [6, 6.07) is 18.3. The van der Waals surface area contributed by atoms with Gasteiger partial charge < -0.3 is 4.57 Å². The van der Waals surface area contributed by atoms with Crippen molar-refractivity contribution in [1.82, 2.24) is 9.47 Å². The van der Waals surface area contributed by atoms with Crippen LogP contribution in [0.3, 0.4) is 0 Å². The fourth-order valence-corrected chi connectivity index (χ4v) is 3.95. The number of aromatic nitrogens is 1. The van der Waals surface area contributed by atoms with E-state index in [4.69, 9.17) is 0 Å². The van der Waals surface area contributed by atoms with Gasteiger partial charge >= 0.3 is 0 Å². The first-order chi connectivity index (χ1) is 12.6. The van der Waals surface area contributed by atoms with E-state index in [9.17, 15) is 4.39 Å². The second kappa shape index (κ2) is 7.08. The molecule has 2 aromatic carbocycles. The van der Waals surface area contributed by atoms with Gasteiger partial charge in [-0.15, -0.1) is 0 Å². The summed E-state index contributed by atoms with van der Waals surface area (Å²) in [6.07, 6.45) is 3.30. The summed E-state index contributed by atoms with van der Waals surface area (Å²) in [6.45, 7) is 7.23. The van der Waals surface area contributed by atoms with Gasteiger partial charge in [-0.25, -0.2) is 4.39 Å². The van der Waals surface area contributed by atoms with Crippen LogP contribution < -0.4 is 0 Å². The van der Waals surface area contributed by atoms with E-state index in [1.165, 1.54) is 22.4 Å². The van der Waals surface area contributed by atoms with Gasteiger partial charge in [0.1, 0.15) is 5.82 Å². The third kappa shape index (κ3) is 3.32. The third-order valence-electron chi connectivity index (χ3n) is 5.50. The summed E-state index contributed by atoms with van der Waals surface area (Å²) in [5.41, 5.74) is 6.47. The third-order valence-corrected chi connectivity index (χ3v) is 5.50. The fourth-order valence-electron chi connectivity index (χ4n) is 3.95. The van der Waals surface area contributed by atoms with Gasteiger partial charge in [-0.2, -0.15) is 0 Å². The first-order valence-corrected chi connectivity index (χ1v) is 9.32. The molecule has 1 aromatic heterocycles. The van der Waals surface area contributed by atoms with Crippen LogP contribution in [0.2, 0.25) is 0 Å². The van der Waals surface area contributed by atoms with Crippen molar-refractivity contribution in [2.75, 3.05) is 6.54 Å². The lowest BCUT2D eigenvalue weighted by Crippen LogP contribution is -2.29. The Morgan fingerprint density at radius 2 is 1.77 bits per heavy atom. The van der Waals surface area contributed by atoms with E-state index in [2.05, 4.69) is 59.8 Å². The predicted molar refractivity (Wildman–Crippen MR) is 104 cm³/mol. The second-order valence-electron chi connectivity index (χ2n) is 7.32. The standard InChI is InChI=1S/C23H25FN2/c1-17-6-9-20(15-18(17)2)23-22-5-3-12-25(22)13-4-14-26(23)16-19-7-10-21(24)11-8-19/h3,5-12,15,23H,4,13-14,16H2,1-2H3/t23-/m1/s1. The van der Waals surface area contributed by atoms with Gasteiger partial charge in [0.2, 0.25) is 0 Å². The maximum absolute atomic E-state index is 13.3. The molecule has 0 N–H and O–H groups in total. The lowest BCUT2D eigenvalue weighted by Gasteiger charge is -2.31. The molecule has 0 fully saturated rings. The maximum Gasteiger partial charge on any atom is 0.123 e. The van der Waals surface area contributed by atoms with Crippen LogP contribution in [0, 0.1) is 19.7 Å². The van der Waals surface area contributed by atoms with Crippen molar-refractivity contribution in [3.05, 3.63) is 94.6 Å². The highest BCUT2D eigenvalue weighted by Crippen LogP contribution is 2.33. The second-order valence-corrected chi connectivity index (χ2v) is 7.32. The summed E-state index contributed by atoms with van der Waals surface area (Å²) in [5, 5.41) is 0. The zero-order valence-electron chi connectivity index (χ0n) is 15.5. The van der Waals surface area contributed by atoms with Gasteiger partial charge in [0, 0.05) is 31.5 Å². The quantitative estimate of drug-likeness (QED) is 0.628. The molecule has 0 amide bonds. The molecule has 0 bridgehead atoms. The molecule has 0 aliphatic carbocycles. The van der Waals surface area contributed by atoms with Crippen LogP contribution in [0.15, 0.2) is 60.8 Å². The molecule has 2 nitrogen and oxygen atoms in total. The number of aryl methyl sites for hydroxylation is 3. The molecule has 1 atom stereocenters. The Hall–Kier alpha value is -2.39. The van der Waals surface area contributed by atoms with Crippen LogP contribution in [-0.4, -0.2) is 16.0 Å². The van der Waals surface area contributed by atoms with Crippen LogP contribution in [0.25, 0.3) is 0 Å². The Labute approximate surface area is 154 Å². The van der Waals surface area contributed by atoms with Crippen molar-refractivity contribution in [1.29, 1.82) is 0 Å². The molecular weight excluding hydrogens is 323 g/mol. The number of benzene rings is 2. The number of fused-ring (bicyclic) bond motifs is 1. The first kappa shape index (κ1) is 17.0. The van der Waals surface area contributed by atoms with Gasteiger partial charge in [-0.3, -0.25) is 4.90 Å². The molecule has 0 unspecified atom stereocenters. The summed E-state index contributed by atoms with van der Waals surface area (Å²) in [4.78, 5) is 2.52. The monoisotopic (exact) mass is 348 g/mol. The zero-order valence-corrected chi connectivity index (χ0v) is 15.5. The number of halogens is 1. The molecule has 26 heavy (non-hydrogen) atoms. The highest BCUT2D eigenvalue weighted by molar-refractivity contribution is 5.36. The van der Waals surface area contributed by atoms with Crippen molar-refractivity contribution in [2.24, 2.45) is 0 Å². The number of nitrogens with zero attached hydrogens (tertiary/aromatic N) is 2. The first-order valence-electron chi connectivity index (χ1n) is 9.32. The number of rotatable bonds is 3. The lowest BCUT2D eigenvalue weighted by molar-refractivity contribution is 0.220. The van der Waals surface area contributed by atoms with E-state index < -0.39 is 0 Å². The Balaban J connectivity index is 1.75. The Bertz CT molecular complexity index is 895. The van der Waals surface area contributed by atoms with E-state index in [1.54, 1.807) is 12.1 Å². The summed E-state index contributed by atoms with van der Waals surface area (Å²) < 4.78 is 15.7. The normalized spacial score (nSPS) is 17.7. The van der Waals surface area contributed by atoms with E-state index in [-0.39, 0.29) is 11.9 Å². The lowest BCUT2D eigenvalue weighted by atomic mass is 9.97. The molecule has 4 rings (SSSR count). The van der Waals surface area contributed by atoms with Crippen LogP contribution in [0.1, 0.15) is 40.4 Å². The van der Waals surface area contributed by atoms with E-state index >= 15 is 0 Å². The van der Waals surface area contributed by atoms with Crippen LogP contribution in [0.4, 0.5) is 4.39 Å². The highest BCUT2D eigenvalue weighted by atomic mass is 19.1. The zero-order chi connectivity index (χ0) is 18.1. The molecule has 3 heteroatoms. The largest absolute Gasteiger partial charge is 0.350 e. The highest BCUT2D eigenvalue weighted by Gasteiger charge is 2.27. The van der Waals surface area contributed by atoms with Gasteiger partial charge in [-0.05, 0) is 66.8 Å². The predicted octanol–water partition coefficient (Wildman–Crippen LogP) is 5.24. The molecular formula is C23H25FN2. The van der Waals surface area contributed by atoms with Gasteiger partial charge in [0.05, 0.1) is 6.04 Å². The van der Waals surface area contributed by atoms with E-state index in [1.807, 2.05) is 12.1 Å². The number of hydrogen-bond acceptors (Lipinski definition) is 1. The molecule has 134 valence electrons. The minimum absolute atomic E-state index is 0.177. The van der Waals surface area contributed by atoms with Crippen molar-refractivity contribution in [3.63, 3.8) is 0 Å². The molecule has 0 saturated heterocycles. The SMILES string of the molecule is Cc1ccc([C@@H]2c3cccn3CCCN2Cc2ccc(F)cc2)cc1C. The maximum atomic E-state index is 13.3. The Kier molecular flexibility index (Phi) is 4.64. The molecule has 1 aliphatic heterocycles. The minimum atomic E-state index is -0.177. The number of hydrogen-bond donors (Lipinski definition) is 0. The molecule has 1 aliphatic rings. The van der Waals surface area contributed by atoms with Gasteiger partial charge in [-0.1, -0.05) is 30.3 Å². The van der Waals surface area contributed by atoms with Crippen molar-refractivity contribution in [3.8, 4) is 0 Å². The Morgan fingerprint density at radius 1 is 0.962 bits per heavy atom. The Morgan fingerprint density at radius 3 is 2.54 bits per heavy atom. The smallest absolute Gasteiger partial charge is 0.123 e. The topological polar surface area (TPSA) is 8.17 Å². The van der Waals surface area contributed by atoms with Gasteiger partial charge in [0.15, 0.2) is 0 Å². The molecule has 0 radical (unpaired) electrons. The molecule has 2 heterocycles.